The SMILES string of the molecule is CC(N)N.[Co]. The third kappa shape index (κ3) is 143. The van der Waals surface area contributed by atoms with Crippen molar-refractivity contribution < 1.29 is 16.8 Å². The molecule has 0 heterocycles. The van der Waals surface area contributed by atoms with Gasteiger partial charge >= 0.3 is 0 Å². The van der Waals surface area contributed by atoms with E-state index in [-0.39, 0.29) is 22.9 Å². The minimum atomic E-state index is -0.167. The van der Waals surface area contributed by atoms with E-state index >= 15 is 0 Å². The van der Waals surface area contributed by atoms with Crippen molar-refractivity contribution in [2.45, 2.75) is 13.1 Å². The van der Waals surface area contributed by atoms with Crippen LogP contribution >= 0.6 is 0 Å². The second-order valence-corrected chi connectivity index (χ2v) is 0.859. The maximum Gasteiger partial charge on any atom is 0.0491 e. The Balaban J connectivity index is 0. The van der Waals surface area contributed by atoms with E-state index < -0.39 is 0 Å². The third-order valence-electron chi connectivity index (χ3n) is 0. The predicted molar refractivity (Wildman–Crippen MR) is 17.8 cm³/mol. The van der Waals surface area contributed by atoms with Crippen LogP contribution in [0.25, 0.3) is 0 Å². The van der Waals surface area contributed by atoms with Gasteiger partial charge in [-0.15, -0.1) is 0 Å². The molecule has 0 fully saturated rings. The van der Waals surface area contributed by atoms with Crippen molar-refractivity contribution in [2.75, 3.05) is 0 Å². The van der Waals surface area contributed by atoms with Gasteiger partial charge in [0, 0.05) is 22.9 Å². The van der Waals surface area contributed by atoms with Gasteiger partial charge in [-0.2, -0.15) is 0 Å². The fraction of sp³-hybridized carbons (Fsp3) is 1.00. The van der Waals surface area contributed by atoms with Gasteiger partial charge < -0.3 is 11.5 Å². The van der Waals surface area contributed by atoms with Crippen LogP contribution in [0.1, 0.15) is 6.92 Å². The van der Waals surface area contributed by atoms with Crippen LogP contribution in [0, 0.1) is 0 Å². The van der Waals surface area contributed by atoms with E-state index in [9.17, 15) is 0 Å². The minimum absolute atomic E-state index is 0. The van der Waals surface area contributed by atoms with E-state index in [4.69, 9.17) is 11.5 Å². The van der Waals surface area contributed by atoms with E-state index in [1.54, 1.807) is 6.92 Å². The van der Waals surface area contributed by atoms with E-state index in [0.717, 1.165) is 0 Å². The number of rotatable bonds is 0. The molecule has 0 spiro atoms. The summed E-state index contributed by atoms with van der Waals surface area (Å²) in [5.41, 5.74) is 9.78. The Kier molecular flexibility index (Phi) is 8.02. The van der Waals surface area contributed by atoms with Gasteiger partial charge in [0.05, 0.1) is 0 Å². The van der Waals surface area contributed by atoms with Crippen molar-refractivity contribution in [3.63, 3.8) is 0 Å². The molecule has 0 amide bonds. The quantitative estimate of drug-likeness (QED) is 0.412. The Bertz CT molecular complexity index is 12.4. The largest absolute Gasteiger partial charge is 0.316 e. The number of hydrogen-bond acceptors (Lipinski definition) is 2. The zero-order chi connectivity index (χ0) is 3.58. The van der Waals surface area contributed by atoms with E-state index in [0.29, 0.717) is 0 Å². The Morgan fingerprint density at radius 2 is 1.40 bits per heavy atom. The van der Waals surface area contributed by atoms with Crippen molar-refractivity contribution in [3.05, 3.63) is 0 Å². The molecule has 5 heavy (non-hydrogen) atoms. The van der Waals surface area contributed by atoms with Gasteiger partial charge in [-0.1, -0.05) is 0 Å². The molecule has 1 radical (unpaired) electrons. The molecule has 4 N–H and O–H groups in total. The molecular weight excluding hydrogens is 111 g/mol. The third-order valence-corrected chi connectivity index (χ3v) is 0. The van der Waals surface area contributed by atoms with Crippen LogP contribution in [-0.4, -0.2) is 6.17 Å². The van der Waals surface area contributed by atoms with Crippen LogP contribution < -0.4 is 11.5 Å². The molecule has 0 aliphatic carbocycles. The summed E-state index contributed by atoms with van der Waals surface area (Å²) in [4.78, 5) is 0. The van der Waals surface area contributed by atoms with Crippen LogP contribution in [0.15, 0.2) is 0 Å². The molecule has 3 heteroatoms. The summed E-state index contributed by atoms with van der Waals surface area (Å²) >= 11 is 0. The summed E-state index contributed by atoms with van der Waals surface area (Å²) in [5.74, 6) is 0. The first-order valence-electron chi connectivity index (χ1n) is 1.24. The Morgan fingerprint density at radius 1 is 1.40 bits per heavy atom. The predicted octanol–water partition coefficient (Wildman–Crippen LogP) is -0.753. The summed E-state index contributed by atoms with van der Waals surface area (Å²) in [7, 11) is 0. The molecule has 0 saturated heterocycles. The average molecular weight is 119 g/mol. The molecule has 0 aromatic heterocycles. The summed E-state index contributed by atoms with van der Waals surface area (Å²) in [6.45, 7) is 1.72. The first kappa shape index (κ1) is 9.06. The second kappa shape index (κ2) is 4.43. The van der Waals surface area contributed by atoms with Crippen LogP contribution in [0.5, 0.6) is 0 Å². The molecule has 0 rings (SSSR count). The molecule has 0 atom stereocenters. The first-order chi connectivity index (χ1) is 1.73. The van der Waals surface area contributed by atoms with Crippen molar-refractivity contribution in [1.82, 2.24) is 0 Å². The van der Waals surface area contributed by atoms with Crippen molar-refractivity contribution in [2.24, 2.45) is 11.5 Å². The summed E-state index contributed by atoms with van der Waals surface area (Å²) in [6, 6.07) is 0. The second-order valence-electron chi connectivity index (χ2n) is 0.859. The van der Waals surface area contributed by atoms with Crippen LogP contribution in [0.3, 0.4) is 0 Å². The minimum Gasteiger partial charge on any atom is -0.316 e. The molecule has 0 saturated carbocycles. The molecule has 0 aliphatic rings. The molecular formula is C2H8CoN2. The zero-order valence-corrected chi connectivity index (χ0v) is 4.11. The maximum absolute atomic E-state index is 4.89. The van der Waals surface area contributed by atoms with E-state index in [1.807, 2.05) is 0 Å². The fourth-order valence-electron chi connectivity index (χ4n) is 0. The normalized spacial score (nSPS) is 7.20. The maximum atomic E-state index is 4.89. The van der Waals surface area contributed by atoms with Crippen molar-refractivity contribution >= 4 is 0 Å². The van der Waals surface area contributed by atoms with Crippen molar-refractivity contribution in [1.29, 1.82) is 0 Å². The summed E-state index contributed by atoms with van der Waals surface area (Å²) in [6.07, 6.45) is -0.167. The molecule has 0 aromatic carbocycles. The number of nitrogens with two attached hydrogens (primary N) is 2. The standard InChI is InChI=1S/C2H8N2.Co/c1-2(3)4;/h2H,3-4H2,1H3;. The first-order valence-corrected chi connectivity index (χ1v) is 1.24. The van der Waals surface area contributed by atoms with Crippen LogP contribution in [-0.2, 0) is 16.8 Å². The molecule has 0 unspecified atom stereocenters. The van der Waals surface area contributed by atoms with E-state index in [1.165, 1.54) is 0 Å². The number of hydrogen-bond donors (Lipinski definition) is 2. The topological polar surface area (TPSA) is 52.0 Å². The van der Waals surface area contributed by atoms with Crippen molar-refractivity contribution in [3.8, 4) is 0 Å². The van der Waals surface area contributed by atoms with Gasteiger partial charge in [0.25, 0.3) is 0 Å². The average Bonchev–Trinajstić information content (AvgIpc) is 0.811. The van der Waals surface area contributed by atoms with Gasteiger partial charge in [-0.3, -0.25) is 0 Å². The summed E-state index contributed by atoms with van der Waals surface area (Å²) < 4.78 is 0. The van der Waals surface area contributed by atoms with Crippen LogP contribution in [0.4, 0.5) is 0 Å². The fourth-order valence-corrected chi connectivity index (χ4v) is 0. The van der Waals surface area contributed by atoms with Crippen LogP contribution in [0.2, 0.25) is 0 Å². The van der Waals surface area contributed by atoms with E-state index in [2.05, 4.69) is 0 Å². The Hall–Kier alpha value is 0.426. The molecule has 2 nitrogen and oxygen atoms in total. The zero-order valence-electron chi connectivity index (χ0n) is 3.07. The molecule has 35 valence electrons. The van der Waals surface area contributed by atoms with Gasteiger partial charge in [0.1, 0.15) is 0 Å². The smallest absolute Gasteiger partial charge is 0.0491 e. The molecule has 0 bridgehead atoms. The van der Waals surface area contributed by atoms with Gasteiger partial charge in [-0.05, 0) is 6.92 Å². The summed E-state index contributed by atoms with van der Waals surface area (Å²) in [5, 5.41) is 0. The Labute approximate surface area is 42.1 Å². The Morgan fingerprint density at radius 3 is 1.40 bits per heavy atom. The molecule has 0 aliphatic heterocycles. The van der Waals surface area contributed by atoms with Gasteiger partial charge in [0.15, 0.2) is 0 Å². The van der Waals surface area contributed by atoms with Gasteiger partial charge in [0.2, 0.25) is 0 Å². The monoisotopic (exact) mass is 119 g/mol. The van der Waals surface area contributed by atoms with Gasteiger partial charge in [-0.25, -0.2) is 0 Å². The molecule has 0 aromatic rings.